The van der Waals surface area contributed by atoms with Crippen LogP contribution in [0.25, 0.3) is 11.0 Å². The fourth-order valence-corrected chi connectivity index (χ4v) is 3.50. The third kappa shape index (κ3) is 2.78. The van der Waals surface area contributed by atoms with Gasteiger partial charge in [-0.25, -0.2) is 0 Å². The molecule has 0 spiro atoms. The third-order valence-corrected chi connectivity index (χ3v) is 4.76. The van der Waals surface area contributed by atoms with Crippen molar-refractivity contribution in [1.29, 1.82) is 0 Å². The molecule has 5 heteroatoms. The lowest BCUT2D eigenvalue weighted by Gasteiger charge is -2.32. The van der Waals surface area contributed by atoms with Crippen LogP contribution in [0.5, 0.6) is 0 Å². The highest BCUT2D eigenvalue weighted by atomic mass is 35.5. The van der Waals surface area contributed by atoms with Crippen molar-refractivity contribution in [3.8, 4) is 0 Å². The zero-order chi connectivity index (χ0) is 14.1. The molecule has 0 bridgehead atoms. The maximum atomic E-state index is 6.11. The summed E-state index contributed by atoms with van der Waals surface area (Å²) < 4.78 is 2.96. The van der Waals surface area contributed by atoms with Crippen LogP contribution in [0, 0.1) is 4.77 Å². The van der Waals surface area contributed by atoms with Crippen molar-refractivity contribution in [3.05, 3.63) is 28.0 Å². The number of nitrogens with one attached hydrogen (secondary N) is 1. The van der Waals surface area contributed by atoms with Gasteiger partial charge in [-0.2, -0.15) is 0 Å². The van der Waals surface area contributed by atoms with Crippen molar-refractivity contribution in [2.24, 2.45) is 0 Å². The fraction of sp³-hybridized carbons (Fsp3) is 0.533. The highest BCUT2D eigenvalue weighted by Crippen LogP contribution is 2.21. The van der Waals surface area contributed by atoms with Crippen LogP contribution in [0.15, 0.2) is 18.2 Å². The van der Waals surface area contributed by atoms with E-state index in [-0.39, 0.29) is 0 Å². The monoisotopic (exact) mass is 309 g/mol. The number of H-pyrrole nitrogens is 1. The lowest BCUT2D eigenvalue weighted by atomic mass is 10.1. The lowest BCUT2D eigenvalue weighted by molar-refractivity contribution is 0.160. The quantitative estimate of drug-likeness (QED) is 0.858. The largest absolute Gasteiger partial charge is 0.331 e. The molecule has 1 fully saturated rings. The van der Waals surface area contributed by atoms with Crippen molar-refractivity contribution >= 4 is 34.9 Å². The van der Waals surface area contributed by atoms with E-state index in [1.807, 2.05) is 18.2 Å². The van der Waals surface area contributed by atoms with Gasteiger partial charge < -0.3 is 9.55 Å². The van der Waals surface area contributed by atoms with Crippen molar-refractivity contribution in [2.45, 2.75) is 38.8 Å². The van der Waals surface area contributed by atoms with Gasteiger partial charge in [0.25, 0.3) is 0 Å². The molecule has 20 heavy (non-hydrogen) atoms. The van der Waals surface area contributed by atoms with E-state index in [0.29, 0.717) is 6.04 Å². The molecule has 3 nitrogen and oxygen atoms in total. The number of rotatable bonds is 3. The summed E-state index contributed by atoms with van der Waals surface area (Å²) in [4.78, 5) is 5.83. The van der Waals surface area contributed by atoms with Gasteiger partial charge in [-0.1, -0.05) is 18.0 Å². The first-order chi connectivity index (χ1) is 9.65. The molecule has 1 aromatic heterocycles. The molecule has 3 rings (SSSR count). The lowest BCUT2D eigenvalue weighted by Crippen LogP contribution is -2.39. The molecule has 108 valence electrons. The average molecular weight is 310 g/mol. The first kappa shape index (κ1) is 14.1. The number of halogens is 1. The fourth-order valence-electron chi connectivity index (χ4n) is 3.05. The van der Waals surface area contributed by atoms with Gasteiger partial charge >= 0.3 is 0 Å². The molecule has 1 saturated heterocycles. The molecule has 1 unspecified atom stereocenters. The number of hydrogen-bond donors (Lipinski definition) is 1. The number of piperidine rings is 1. The molecule has 1 aliphatic heterocycles. The van der Waals surface area contributed by atoms with Crippen LogP contribution in [0.1, 0.15) is 26.2 Å². The summed E-state index contributed by atoms with van der Waals surface area (Å²) in [6.45, 7) is 5.62. The molecule has 2 aromatic rings. The molecular weight excluding hydrogens is 290 g/mol. The highest BCUT2D eigenvalue weighted by Gasteiger charge is 2.18. The van der Waals surface area contributed by atoms with E-state index >= 15 is 0 Å². The molecule has 1 N–H and O–H groups in total. The second-order valence-corrected chi connectivity index (χ2v) is 6.47. The number of benzene rings is 1. The summed E-state index contributed by atoms with van der Waals surface area (Å²) in [6.07, 6.45) is 4.00. The molecule has 0 aliphatic carbocycles. The highest BCUT2D eigenvalue weighted by molar-refractivity contribution is 7.71. The van der Waals surface area contributed by atoms with Crippen LogP contribution in [-0.4, -0.2) is 33.6 Å². The van der Waals surface area contributed by atoms with E-state index in [2.05, 4.69) is 21.4 Å². The summed E-state index contributed by atoms with van der Waals surface area (Å²) in [5.74, 6) is 0. The molecule has 1 atom stereocenters. The third-order valence-electron chi connectivity index (χ3n) is 4.20. The minimum atomic E-state index is 0.500. The van der Waals surface area contributed by atoms with Crippen LogP contribution in [0.4, 0.5) is 0 Å². The molecule has 1 aliphatic rings. The van der Waals surface area contributed by atoms with Gasteiger partial charge in [-0.15, -0.1) is 0 Å². The zero-order valence-corrected chi connectivity index (χ0v) is 13.3. The van der Waals surface area contributed by atoms with Gasteiger partial charge in [-0.05, 0) is 63.3 Å². The van der Waals surface area contributed by atoms with Crippen LogP contribution < -0.4 is 0 Å². The molecule has 0 radical (unpaired) electrons. The Kier molecular flexibility index (Phi) is 4.15. The van der Waals surface area contributed by atoms with E-state index < -0.39 is 0 Å². The number of imidazole rings is 1. The summed E-state index contributed by atoms with van der Waals surface area (Å²) in [6, 6.07) is 6.38. The second-order valence-electron chi connectivity index (χ2n) is 5.65. The number of aromatic nitrogens is 2. The minimum Gasteiger partial charge on any atom is -0.331 e. The Morgan fingerprint density at radius 1 is 1.30 bits per heavy atom. The van der Waals surface area contributed by atoms with E-state index in [0.717, 1.165) is 27.4 Å². The summed E-state index contributed by atoms with van der Waals surface area (Å²) in [5, 5.41) is 0.755. The van der Waals surface area contributed by atoms with Crippen molar-refractivity contribution in [1.82, 2.24) is 14.5 Å². The predicted molar refractivity (Wildman–Crippen MR) is 87.0 cm³/mol. The summed E-state index contributed by atoms with van der Waals surface area (Å²) in [5.41, 5.74) is 2.16. The molecule has 0 amide bonds. The number of fused-ring (bicyclic) bond motifs is 1. The number of aromatic amines is 1. The van der Waals surface area contributed by atoms with Gasteiger partial charge in [0, 0.05) is 17.6 Å². The first-order valence-electron chi connectivity index (χ1n) is 7.27. The zero-order valence-electron chi connectivity index (χ0n) is 11.7. The van der Waals surface area contributed by atoms with Crippen molar-refractivity contribution in [2.75, 3.05) is 13.1 Å². The van der Waals surface area contributed by atoms with Crippen LogP contribution in [-0.2, 0) is 6.54 Å². The Morgan fingerprint density at radius 3 is 2.80 bits per heavy atom. The Hall–Kier alpha value is -0.840. The molecule has 1 aromatic carbocycles. The van der Waals surface area contributed by atoms with Gasteiger partial charge in [0.1, 0.15) is 0 Å². The SMILES string of the molecule is CC(Cn1c(=S)[nH]c2ccc(Cl)cc21)N1CCCCC1. The summed E-state index contributed by atoms with van der Waals surface area (Å²) >= 11 is 11.6. The summed E-state index contributed by atoms with van der Waals surface area (Å²) in [7, 11) is 0. The minimum absolute atomic E-state index is 0.500. The van der Waals surface area contributed by atoms with E-state index in [1.54, 1.807) is 0 Å². The smallest absolute Gasteiger partial charge is 0.178 e. The van der Waals surface area contributed by atoms with Crippen LogP contribution >= 0.6 is 23.8 Å². The van der Waals surface area contributed by atoms with E-state index in [4.69, 9.17) is 23.8 Å². The maximum absolute atomic E-state index is 6.11. The van der Waals surface area contributed by atoms with Gasteiger partial charge in [-0.3, -0.25) is 4.90 Å². The maximum Gasteiger partial charge on any atom is 0.178 e. The Labute approximate surface area is 129 Å². The standard InChI is InChI=1S/C15H20ClN3S/c1-11(18-7-3-2-4-8-18)10-19-14-9-12(16)5-6-13(14)17-15(19)20/h5-6,9,11H,2-4,7-8,10H2,1H3,(H,17,20). The molecular formula is C15H20ClN3S. The van der Waals surface area contributed by atoms with Gasteiger partial charge in [0.05, 0.1) is 11.0 Å². The Morgan fingerprint density at radius 2 is 2.05 bits per heavy atom. The van der Waals surface area contributed by atoms with Gasteiger partial charge in [0.2, 0.25) is 0 Å². The van der Waals surface area contributed by atoms with Crippen LogP contribution in [0.3, 0.4) is 0 Å². The van der Waals surface area contributed by atoms with E-state index in [9.17, 15) is 0 Å². The first-order valence-corrected chi connectivity index (χ1v) is 8.06. The van der Waals surface area contributed by atoms with Crippen molar-refractivity contribution in [3.63, 3.8) is 0 Å². The molecule has 2 heterocycles. The average Bonchev–Trinajstić information content (AvgIpc) is 2.76. The number of hydrogen-bond acceptors (Lipinski definition) is 2. The van der Waals surface area contributed by atoms with Gasteiger partial charge in [0.15, 0.2) is 4.77 Å². The normalized spacial score (nSPS) is 18.5. The van der Waals surface area contributed by atoms with Crippen molar-refractivity contribution < 1.29 is 0 Å². The molecule has 0 saturated carbocycles. The topological polar surface area (TPSA) is 24.0 Å². The number of likely N-dealkylation sites (tertiary alicyclic amines) is 1. The Bertz CT molecular complexity index is 655. The number of nitrogens with zero attached hydrogens (tertiary/aromatic N) is 2. The second kappa shape index (κ2) is 5.88. The van der Waals surface area contributed by atoms with E-state index in [1.165, 1.54) is 32.4 Å². The Balaban J connectivity index is 1.88. The van der Waals surface area contributed by atoms with Crippen LogP contribution in [0.2, 0.25) is 5.02 Å². The predicted octanol–water partition coefficient (Wildman–Crippen LogP) is 4.23.